The number of aromatic amines is 1. The van der Waals surface area contributed by atoms with Crippen molar-refractivity contribution in [1.29, 1.82) is 0 Å². The Morgan fingerprint density at radius 1 is 0.688 bits per heavy atom. The number of carbonyl (C=O) groups excluding carboxylic acids is 4. The van der Waals surface area contributed by atoms with E-state index in [4.69, 9.17) is 28.9 Å². The van der Waals surface area contributed by atoms with Gasteiger partial charge < -0.3 is 44.4 Å². The lowest BCUT2D eigenvalue weighted by atomic mass is 9.90. The maximum atomic E-state index is 14.3. The third-order valence-corrected chi connectivity index (χ3v) is 15.1. The van der Waals surface area contributed by atoms with E-state index in [-0.39, 0.29) is 47.8 Å². The molecule has 11 rings (SSSR count). The Labute approximate surface area is 371 Å². The number of H-pyrrole nitrogens is 1. The fourth-order valence-corrected chi connectivity index (χ4v) is 11.5. The maximum absolute atomic E-state index is 14.3. The van der Waals surface area contributed by atoms with Crippen LogP contribution in [0.2, 0.25) is 0 Å². The molecule has 3 aromatic carbocycles. The molecule has 15 heteroatoms. The molecule has 64 heavy (non-hydrogen) atoms. The molecule has 0 spiro atoms. The minimum absolute atomic E-state index is 0.00573. The van der Waals surface area contributed by atoms with Crippen molar-refractivity contribution in [2.24, 2.45) is 28.7 Å². The molecule has 3 N–H and O–H groups in total. The van der Waals surface area contributed by atoms with Gasteiger partial charge in [0.25, 0.3) is 0 Å². The quantitative estimate of drug-likeness (QED) is 0.161. The van der Waals surface area contributed by atoms with Gasteiger partial charge in [0.05, 0.1) is 43.9 Å². The number of likely N-dealkylation sites (tertiary alicyclic amines) is 2. The first-order chi connectivity index (χ1) is 31.2. The summed E-state index contributed by atoms with van der Waals surface area (Å²) in [7, 11) is 2.66. The first kappa shape index (κ1) is 40.9. The molecule has 2 saturated carbocycles. The number of amides is 4. The molecular formula is C49H55N7O8. The van der Waals surface area contributed by atoms with Gasteiger partial charge in [0.1, 0.15) is 17.9 Å². The summed E-state index contributed by atoms with van der Waals surface area (Å²) in [5, 5.41) is 7.96. The van der Waals surface area contributed by atoms with Crippen LogP contribution in [-0.4, -0.2) is 120 Å². The van der Waals surface area contributed by atoms with E-state index in [0.717, 1.165) is 81.6 Å². The number of carbonyl (C=O) groups is 4. The van der Waals surface area contributed by atoms with Crippen molar-refractivity contribution in [2.75, 3.05) is 40.6 Å². The minimum atomic E-state index is -0.675. The van der Waals surface area contributed by atoms with Crippen molar-refractivity contribution in [3.63, 3.8) is 0 Å². The van der Waals surface area contributed by atoms with Gasteiger partial charge >= 0.3 is 12.2 Å². The molecule has 15 nitrogen and oxygen atoms in total. The van der Waals surface area contributed by atoms with Gasteiger partial charge in [-0.1, -0.05) is 30.3 Å². The number of nitrogens with one attached hydrogen (secondary N) is 3. The highest BCUT2D eigenvalue weighted by molar-refractivity contribution is 6.02. The lowest BCUT2D eigenvalue weighted by molar-refractivity contribution is -0.138. The number of rotatable bonds is 10. The molecule has 6 heterocycles. The number of methoxy groups -OCH3 is 2. The van der Waals surface area contributed by atoms with Gasteiger partial charge in [-0.2, -0.15) is 0 Å². The lowest BCUT2D eigenvalue weighted by Gasteiger charge is -2.36. The highest BCUT2D eigenvalue weighted by Gasteiger charge is 2.58. The van der Waals surface area contributed by atoms with Crippen LogP contribution < -0.4 is 10.6 Å². The van der Waals surface area contributed by atoms with E-state index < -0.39 is 24.3 Å². The average molecular weight is 870 g/mol. The van der Waals surface area contributed by atoms with Gasteiger partial charge in [0.15, 0.2) is 0 Å². The van der Waals surface area contributed by atoms with E-state index in [1.807, 2.05) is 16.0 Å². The van der Waals surface area contributed by atoms with Crippen molar-refractivity contribution in [3.8, 4) is 22.4 Å². The number of benzene rings is 3. The monoisotopic (exact) mass is 869 g/mol. The molecule has 0 radical (unpaired) electrons. The molecule has 4 saturated heterocycles. The summed E-state index contributed by atoms with van der Waals surface area (Å²) >= 11 is 0. The second-order valence-corrected chi connectivity index (χ2v) is 18.8. The molecule has 2 aliphatic carbocycles. The summed E-state index contributed by atoms with van der Waals surface area (Å²) in [4.78, 5) is 71.0. The third kappa shape index (κ3) is 7.59. The summed E-state index contributed by atoms with van der Waals surface area (Å²) in [5.41, 5.74) is 7.23. The number of nitrogens with zero attached hydrogens (tertiary/aromatic N) is 4. The second kappa shape index (κ2) is 16.6. The zero-order valence-corrected chi connectivity index (χ0v) is 36.3. The van der Waals surface area contributed by atoms with Crippen LogP contribution in [0.1, 0.15) is 68.8 Å². The van der Waals surface area contributed by atoms with Crippen LogP contribution in [0.15, 0.2) is 65.8 Å². The molecule has 0 bridgehead atoms. The van der Waals surface area contributed by atoms with Crippen LogP contribution in [0, 0.1) is 23.7 Å². The molecular weight excluding hydrogens is 815 g/mol. The number of ether oxygens (including phenoxy) is 4. The van der Waals surface area contributed by atoms with Gasteiger partial charge in [0, 0.05) is 56.2 Å². The Morgan fingerprint density at radius 2 is 1.22 bits per heavy atom. The summed E-state index contributed by atoms with van der Waals surface area (Å²) in [6, 6.07) is 18.1. The Morgan fingerprint density at radius 3 is 1.83 bits per heavy atom. The Bertz CT molecular complexity index is 2530. The van der Waals surface area contributed by atoms with E-state index in [1.54, 1.807) is 0 Å². The van der Waals surface area contributed by atoms with E-state index in [0.29, 0.717) is 70.4 Å². The predicted octanol–water partition coefficient (Wildman–Crippen LogP) is 6.48. The highest BCUT2D eigenvalue weighted by atomic mass is 16.5. The fraction of sp³-hybridized carbons (Fsp3) is 0.510. The number of alkyl carbamates (subject to hydrolysis) is 2. The van der Waals surface area contributed by atoms with Gasteiger partial charge in [0.2, 0.25) is 11.8 Å². The van der Waals surface area contributed by atoms with E-state index in [9.17, 15) is 19.2 Å². The van der Waals surface area contributed by atoms with Crippen molar-refractivity contribution >= 4 is 46.2 Å². The first-order valence-electron chi connectivity index (χ1n) is 23.0. The smallest absolute Gasteiger partial charge is 0.407 e. The van der Waals surface area contributed by atoms with E-state index >= 15 is 0 Å². The van der Waals surface area contributed by atoms with Crippen LogP contribution in [0.25, 0.3) is 33.2 Å². The van der Waals surface area contributed by atoms with E-state index in [2.05, 4.69) is 70.2 Å². The summed E-state index contributed by atoms with van der Waals surface area (Å²) in [6.07, 6.45) is 7.89. The molecule has 0 unspecified atom stereocenters. The topological polar surface area (TPSA) is 177 Å². The van der Waals surface area contributed by atoms with Crippen LogP contribution >= 0.6 is 0 Å². The van der Waals surface area contributed by atoms with E-state index in [1.165, 1.54) is 14.2 Å². The lowest BCUT2D eigenvalue weighted by Crippen LogP contribution is -2.56. The summed E-state index contributed by atoms with van der Waals surface area (Å²) in [5.74, 6) is 1.53. The maximum Gasteiger partial charge on any atom is 0.407 e. The molecule has 4 amide bonds. The first-order valence-corrected chi connectivity index (χ1v) is 23.0. The molecule has 6 fully saturated rings. The molecule has 334 valence electrons. The third-order valence-electron chi connectivity index (χ3n) is 15.1. The molecule has 4 aromatic rings. The van der Waals surface area contributed by atoms with Crippen LogP contribution in [0.3, 0.4) is 0 Å². The second-order valence-electron chi connectivity index (χ2n) is 18.8. The number of fused-ring (bicyclic) bond motifs is 4. The van der Waals surface area contributed by atoms with Crippen LogP contribution in [0.5, 0.6) is 0 Å². The highest BCUT2D eigenvalue weighted by Crippen LogP contribution is 2.54. The standard InChI is InChI=1S/C49H55N7O8/c1-61-48(59)53-43(26-9-13-63-14-10-26)46(57)55-39-21-34(39)23-41(55)37-20-33-19-31(7-8-36(33)51-37)28-3-4-30-18-32(6-5-29(30)17-28)38-25-50-45(52-38)42-24-35-22-40(35)56(42)47(58)44(54-49(60)62-2)27-11-15-64-16-12-27/h3-8,17-19,25-27,34-35,39-44H,9-16,20-24H2,1-2H3,(H,50,52)(H,53,59)(H,54,60)/t34-,35-,39-,40-,41+,42+,43+,44+/m1/s1. The number of aromatic nitrogens is 2. The minimum Gasteiger partial charge on any atom is -0.453 e. The van der Waals surface area contributed by atoms with Gasteiger partial charge in [-0.25, -0.2) is 14.6 Å². The number of piperidine rings is 2. The van der Waals surface area contributed by atoms with Crippen molar-refractivity contribution in [3.05, 3.63) is 72.2 Å². The SMILES string of the molecule is COC(=O)N[C@H](C(=O)N1[C@@H]2C[C@@H]2C[C@H]1C1=Nc2ccc(-c3ccc4cc(-c5cnc([C@@H]6C[C@H]7C[C@H]7N6C(=O)[C@@H](NC(=O)OC)C6CCOCC6)[nH]5)ccc4c3)cc2C1)C1CCOCC1. The van der Waals surface area contributed by atoms with Crippen molar-refractivity contribution in [1.82, 2.24) is 30.4 Å². The van der Waals surface area contributed by atoms with Crippen LogP contribution in [0.4, 0.5) is 15.3 Å². The van der Waals surface area contributed by atoms with Crippen molar-refractivity contribution < 1.29 is 38.1 Å². The summed E-state index contributed by atoms with van der Waals surface area (Å²) < 4.78 is 21.0. The molecule has 1 aromatic heterocycles. The zero-order chi connectivity index (χ0) is 43.6. The zero-order valence-electron chi connectivity index (χ0n) is 36.3. The van der Waals surface area contributed by atoms with Crippen molar-refractivity contribution in [2.45, 2.75) is 94.0 Å². The van der Waals surface area contributed by atoms with Gasteiger partial charge in [-0.05, 0) is 127 Å². The number of imidazole rings is 1. The summed E-state index contributed by atoms with van der Waals surface area (Å²) in [6.45, 7) is 2.28. The molecule has 7 aliphatic rings. The Hall–Kier alpha value is -5.80. The number of aliphatic imine (C=N–C) groups is 1. The van der Waals surface area contributed by atoms with Gasteiger partial charge in [-0.3, -0.25) is 14.6 Å². The largest absolute Gasteiger partial charge is 0.453 e. The predicted molar refractivity (Wildman–Crippen MR) is 237 cm³/mol. The number of hydrogen-bond donors (Lipinski definition) is 3. The normalized spacial score (nSPS) is 26.9. The Balaban J connectivity index is 0.780. The molecule has 8 atom stereocenters. The fourth-order valence-electron chi connectivity index (χ4n) is 11.5. The van der Waals surface area contributed by atoms with Gasteiger partial charge in [-0.15, -0.1) is 0 Å². The number of hydrogen-bond acceptors (Lipinski definition) is 10. The average Bonchev–Trinajstić information content (AvgIpc) is 3.95. The molecule has 5 aliphatic heterocycles. The Kier molecular flexibility index (Phi) is 10.6. The van der Waals surface area contributed by atoms with Crippen LogP contribution in [-0.2, 0) is 35.0 Å².